The highest BCUT2D eigenvalue weighted by molar-refractivity contribution is 6.74. The van der Waals surface area contributed by atoms with Gasteiger partial charge in [-0.05, 0) is 87.2 Å². The average Bonchev–Trinajstić information content (AvgIpc) is 3.25. The van der Waals surface area contributed by atoms with Gasteiger partial charge in [-0.2, -0.15) is 0 Å². The van der Waals surface area contributed by atoms with Gasteiger partial charge in [-0.15, -0.1) is 0 Å². The number of hydrogen-bond acceptors (Lipinski definition) is 6. The summed E-state index contributed by atoms with van der Waals surface area (Å²) >= 11 is 0. The summed E-state index contributed by atoms with van der Waals surface area (Å²) in [6.07, 6.45) is 15.6. The molecule has 0 N–H and O–H groups in total. The van der Waals surface area contributed by atoms with Crippen molar-refractivity contribution in [3.8, 4) is 5.75 Å². The number of rotatable bonds is 14. The van der Waals surface area contributed by atoms with Gasteiger partial charge in [0.05, 0.1) is 12.2 Å². The van der Waals surface area contributed by atoms with Crippen LogP contribution in [0.1, 0.15) is 104 Å². The van der Waals surface area contributed by atoms with Crippen molar-refractivity contribution >= 4 is 14.1 Å². The van der Waals surface area contributed by atoms with Gasteiger partial charge in [0.15, 0.2) is 12.6 Å². The lowest BCUT2D eigenvalue weighted by Gasteiger charge is -2.36. The fourth-order valence-corrected chi connectivity index (χ4v) is 7.15. The van der Waals surface area contributed by atoms with Crippen LogP contribution in [0.3, 0.4) is 0 Å². The van der Waals surface area contributed by atoms with E-state index in [2.05, 4.69) is 77.2 Å². The molecule has 2 heterocycles. The second-order valence-electron chi connectivity index (χ2n) is 14.4. The van der Waals surface area contributed by atoms with Gasteiger partial charge >= 0.3 is 0 Å². The van der Waals surface area contributed by atoms with Gasteiger partial charge in [0.1, 0.15) is 11.5 Å². The smallest absolute Gasteiger partial charge is 0.250 e. The molecule has 4 rings (SSSR count). The van der Waals surface area contributed by atoms with E-state index < -0.39 is 8.32 Å². The highest BCUT2D eigenvalue weighted by atomic mass is 28.4. The highest BCUT2D eigenvalue weighted by Crippen LogP contribution is 2.39. The van der Waals surface area contributed by atoms with E-state index in [1.165, 1.54) is 12.8 Å². The Morgan fingerprint density at radius 2 is 1.74 bits per heavy atom. The topological polar surface area (TPSA) is 63.2 Å². The quantitative estimate of drug-likeness (QED) is 0.119. The normalized spacial score (nSPS) is 28.0. The number of carbonyl (C=O) groups excluding carboxylic acids is 1. The minimum atomic E-state index is -1.97. The van der Waals surface area contributed by atoms with Gasteiger partial charge in [0.25, 0.3) is 0 Å². The maximum atomic E-state index is 13.6. The minimum absolute atomic E-state index is 0.0288. The summed E-state index contributed by atoms with van der Waals surface area (Å²) in [6, 6.07) is 8.38. The molecule has 0 unspecified atom stereocenters. The van der Waals surface area contributed by atoms with Crippen LogP contribution in [0, 0.1) is 11.8 Å². The van der Waals surface area contributed by atoms with Crippen LogP contribution in [0.15, 0.2) is 36.4 Å². The molecular formula is C36H58O6Si. The molecule has 0 aromatic heterocycles. The zero-order valence-corrected chi connectivity index (χ0v) is 28.8. The number of ketones is 1. The van der Waals surface area contributed by atoms with Crippen LogP contribution in [0.2, 0.25) is 18.1 Å². The van der Waals surface area contributed by atoms with Gasteiger partial charge in [0.2, 0.25) is 8.32 Å². The molecule has 242 valence electrons. The van der Waals surface area contributed by atoms with Crippen LogP contribution in [0.4, 0.5) is 0 Å². The second kappa shape index (κ2) is 16.2. The summed E-state index contributed by atoms with van der Waals surface area (Å²) < 4.78 is 31.5. The van der Waals surface area contributed by atoms with E-state index in [1.54, 1.807) is 0 Å². The Labute approximate surface area is 262 Å². The maximum absolute atomic E-state index is 13.6. The number of ether oxygens (including phenoxy) is 4. The molecule has 6 atom stereocenters. The molecule has 1 saturated carbocycles. The van der Waals surface area contributed by atoms with Gasteiger partial charge in [0, 0.05) is 31.5 Å². The molecule has 43 heavy (non-hydrogen) atoms. The Morgan fingerprint density at radius 3 is 2.40 bits per heavy atom. The molecule has 7 heteroatoms. The lowest BCUT2D eigenvalue weighted by molar-refractivity contribution is -0.192. The van der Waals surface area contributed by atoms with Crippen LogP contribution in [0.25, 0.3) is 0 Å². The molecule has 2 aliphatic heterocycles. The molecule has 0 spiro atoms. The van der Waals surface area contributed by atoms with E-state index in [9.17, 15) is 4.79 Å². The van der Waals surface area contributed by atoms with Gasteiger partial charge in [-0.25, -0.2) is 0 Å². The highest BCUT2D eigenvalue weighted by Gasteiger charge is 2.43. The average molecular weight is 615 g/mol. The Hall–Kier alpha value is -1.51. The summed E-state index contributed by atoms with van der Waals surface area (Å²) in [6.45, 7) is 15.0. The van der Waals surface area contributed by atoms with E-state index in [4.69, 9.17) is 23.4 Å². The SMILES string of the molecule is CCCCC[C@@H](/C=C/[C@H]1[C@H](O[C@H]2CCCCO2)CC(=O)[C@@H]1Cc1cccc(O[Si](C)(C)C(C)(C)C)c1)O[C@H]1CCCCO1. The Bertz CT molecular complexity index is 1020. The van der Waals surface area contributed by atoms with Crippen LogP contribution in [-0.2, 0) is 30.2 Å². The van der Waals surface area contributed by atoms with E-state index in [-0.39, 0.29) is 47.4 Å². The van der Waals surface area contributed by atoms with Crippen molar-refractivity contribution in [3.63, 3.8) is 0 Å². The number of hydrogen-bond donors (Lipinski definition) is 0. The Kier molecular flexibility index (Phi) is 12.9. The van der Waals surface area contributed by atoms with Crippen LogP contribution in [0.5, 0.6) is 5.75 Å². The lowest BCUT2D eigenvalue weighted by atomic mass is 9.87. The first kappa shape index (κ1) is 34.4. The maximum Gasteiger partial charge on any atom is 0.250 e. The van der Waals surface area contributed by atoms with Crippen LogP contribution >= 0.6 is 0 Å². The number of unbranched alkanes of at least 4 members (excludes halogenated alkanes) is 2. The lowest BCUT2D eigenvalue weighted by Crippen LogP contribution is -2.43. The third kappa shape index (κ3) is 10.3. The molecule has 1 aromatic carbocycles. The number of benzene rings is 1. The third-order valence-corrected chi connectivity index (χ3v) is 14.2. The Morgan fingerprint density at radius 1 is 1.02 bits per heavy atom. The molecule has 1 aromatic rings. The number of carbonyl (C=O) groups is 1. The van der Waals surface area contributed by atoms with Crippen molar-refractivity contribution in [2.24, 2.45) is 11.8 Å². The number of Topliss-reactive ketones (excluding diaryl/α,β-unsaturated/α-hetero) is 1. The molecule has 0 radical (unpaired) electrons. The van der Waals surface area contributed by atoms with Gasteiger partial charge in [-0.1, -0.05) is 71.2 Å². The van der Waals surface area contributed by atoms with Crippen molar-refractivity contribution in [2.75, 3.05) is 13.2 Å². The molecule has 0 amide bonds. The molecule has 3 aliphatic rings. The minimum Gasteiger partial charge on any atom is -0.543 e. The van der Waals surface area contributed by atoms with Gasteiger partial charge < -0.3 is 23.4 Å². The molecule has 2 saturated heterocycles. The molecular weight excluding hydrogens is 556 g/mol. The van der Waals surface area contributed by atoms with Crippen molar-refractivity contribution < 1.29 is 28.2 Å². The predicted molar refractivity (Wildman–Crippen MR) is 175 cm³/mol. The fourth-order valence-electron chi connectivity index (χ4n) is 6.13. The molecule has 0 bridgehead atoms. The third-order valence-electron chi connectivity index (χ3n) is 9.81. The zero-order chi connectivity index (χ0) is 30.9. The zero-order valence-electron chi connectivity index (χ0n) is 27.8. The summed E-state index contributed by atoms with van der Waals surface area (Å²) in [5.74, 6) is 0.981. The van der Waals surface area contributed by atoms with Crippen molar-refractivity contribution in [3.05, 3.63) is 42.0 Å². The van der Waals surface area contributed by atoms with Crippen molar-refractivity contribution in [1.82, 2.24) is 0 Å². The van der Waals surface area contributed by atoms with E-state index in [0.29, 0.717) is 12.8 Å². The van der Waals surface area contributed by atoms with E-state index in [1.807, 2.05) is 0 Å². The van der Waals surface area contributed by atoms with Crippen LogP contribution < -0.4 is 4.43 Å². The van der Waals surface area contributed by atoms with E-state index in [0.717, 1.165) is 75.9 Å². The molecule has 1 aliphatic carbocycles. The summed E-state index contributed by atoms with van der Waals surface area (Å²) in [7, 11) is -1.97. The fraction of sp³-hybridized carbons (Fsp3) is 0.750. The standard InChI is InChI=1S/C36H58O6Si/c1-7-8-9-16-28(40-34-18-10-12-22-38-34)20-21-30-31(32(37)26-33(30)41-35-19-11-13-23-39-35)25-27-15-14-17-29(24-27)42-43(5,6)36(2,3)4/h14-15,17,20-21,24,28,30-31,33-35H,7-13,16,18-19,22-23,25-26H2,1-6H3/b21-20+/t28-,30+,31+,33+,34-,35-/m0/s1. The molecule has 6 nitrogen and oxygen atoms in total. The summed E-state index contributed by atoms with van der Waals surface area (Å²) in [4.78, 5) is 13.6. The van der Waals surface area contributed by atoms with Crippen molar-refractivity contribution in [2.45, 2.75) is 148 Å². The first-order valence-electron chi connectivity index (χ1n) is 17.1. The largest absolute Gasteiger partial charge is 0.543 e. The first-order chi connectivity index (χ1) is 20.6. The summed E-state index contributed by atoms with van der Waals surface area (Å²) in [5, 5.41) is 0.116. The molecule has 3 fully saturated rings. The Balaban J connectivity index is 1.53. The first-order valence-corrected chi connectivity index (χ1v) is 20.0. The second-order valence-corrected chi connectivity index (χ2v) is 19.1. The van der Waals surface area contributed by atoms with E-state index >= 15 is 0 Å². The van der Waals surface area contributed by atoms with Crippen molar-refractivity contribution in [1.29, 1.82) is 0 Å². The predicted octanol–water partition coefficient (Wildman–Crippen LogP) is 8.78. The monoisotopic (exact) mass is 614 g/mol. The summed E-state index contributed by atoms with van der Waals surface area (Å²) in [5.41, 5.74) is 1.13. The van der Waals surface area contributed by atoms with Gasteiger partial charge in [-0.3, -0.25) is 4.79 Å². The van der Waals surface area contributed by atoms with Crippen LogP contribution in [-0.4, -0.2) is 52.1 Å².